The Balaban J connectivity index is 2.15. The lowest BCUT2D eigenvalue weighted by Gasteiger charge is -2.16. The fraction of sp³-hybridized carbons (Fsp3) is 0.667. The van der Waals surface area contributed by atoms with Crippen LogP contribution >= 0.6 is 0 Å². The molecule has 1 unspecified atom stereocenters. The van der Waals surface area contributed by atoms with Gasteiger partial charge in [-0.15, -0.1) is 0 Å². The van der Waals surface area contributed by atoms with E-state index in [2.05, 4.69) is 22.2 Å². The number of nitrogens with one attached hydrogen (secondary N) is 1. The van der Waals surface area contributed by atoms with Gasteiger partial charge >= 0.3 is 0 Å². The Labute approximate surface area is 91.3 Å². The number of hydrogen-bond acceptors (Lipinski definition) is 3. The Morgan fingerprint density at radius 1 is 1.33 bits per heavy atom. The molecule has 0 aromatic carbocycles. The van der Waals surface area contributed by atoms with Crippen molar-refractivity contribution in [1.82, 2.24) is 9.97 Å². The molecule has 0 bridgehead atoms. The zero-order valence-corrected chi connectivity index (χ0v) is 9.37. The lowest BCUT2D eigenvalue weighted by Crippen LogP contribution is -2.11. The molecule has 3 nitrogen and oxygen atoms in total. The predicted molar refractivity (Wildman–Crippen MR) is 61.9 cm³/mol. The summed E-state index contributed by atoms with van der Waals surface area (Å²) in [4.78, 5) is 8.41. The van der Waals surface area contributed by atoms with Crippen LogP contribution in [0, 0.1) is 5.92 Å². The second-order valence-electron chi connectivity index (χ2n) is 4.48. The lowest BCUT2D eigenvalue weighted by molar-refractivity contribution is 0.487. The number of anilines is 1. The normalized spacial score (nSPS) is 22.6. The van der Waals surface area contributed by atoms with Crippen LogP contribution < -0.4 is 5.32 Å². The molecule has 0 aliphatic carbocycles. The first-order chi connectivity index (χ1) is 7.36. The average molecular weight is 205 g/mol. The van der Waals surface area contributed by atoms with Crippen molar-refractivity contribution in [1.29, 1.82) is 0 Å². The van der Waals surface area contributed by atoms with Crippen LogP contribution in [0.4, 0.5) is 5.82 Å². The highest BCUT2D eigenvalue weighted by Crippen LogP contribution is 2.20. The Hall–Kier alpha value is -1.12. The van der Waals surface area contributed by atoms with E-state index in [-0.39, 0.29) is 0 Å². The molecule has 2 rings (SSSR count). The highest BCUT2D eigenvalue weighted by molar-refractivity contribution is 5.42. The van der Waals surface area contributed by atoms with Gasteiger partial charge in [0.1, 0.15) is 12.1 Å². The summed E-state index contributed by atoms with van der Waals surface area (Å²) in [7, 11) is 0. The molecule has 1 aromatic rings. The maximum Gasteiger partial charge on any atom is 0.132 e. The fourth-order valence-corrected chi connectivity index (χ4v) is 2.15. The molecule has 1 aromatic heterocycles. The zero-order valence-electron chi connectivity index (χ0n) is 9.37. The van der Waals surface area contributed by atoms with Crippen molar-refractivity contribution in [2.24, 2.45) is 5.92 Å². The Bertz CT molecular complexity index is 311. The molecule has 0 spiro atoms. The molecular weight excluding hydrogens is 186 g/mol. The molecule has 82 valence electrons. The van der Waals surface area contributed by atoms with Gasteiger partial charge in [-0.2, -0.15) is 0 Å². The number of rotatable bonds is 0. The van der Waals surface area contributed by atoms with E-state index < -0.39 is 0 Å². The van der Waals surface area contributed by atoms with E-state index in [0.29, 0.717) is 0 Å². The van der Waals surface area contributed by atoms with Gasteiger partial charge in [0.25, 0.3) is 0 Å². The molecule has 1 aliphatic rings. The summed E-state index contributed by atoms with van der Waals surface area (Å²) >= 11 is 0. The maximum absolute atomic E-state index is 4.31. The number of nitrogens with zero attached hydrogens (tertiary/aromatic N) is 2. The Morgan fingerprint density at radius 3 is 3.20 bits per heavy atom. The summed E-state index contributed by atoms with van der Waals surface area (Å²) in [6.45, 7) is 3.36. The van der Waals surface area contributed by atoms with Crippen molar-refractivity contribution in [3.63, 3.8) is 0 Å². The predicted octanol–water partition coefficient (Wildman–Crippen LogP) is 2.64. The van der Waals surface area contributed by atoms with E-state index in [1.54, 1.807) is 6.33 Å². The molecule has 1 aliphatic heterocycles. The van der Waals surface area contributed by atoms with Crippen molar-refractivity contribution in [3.8, 4) is 0 Å². The summed E-state index contributed by atoms with van der Waals surface area (Å²) in [5.74, 6) is 1.79. The van der Waals surface area contributed by atoms with Crippen LogP contribution in [0.15, 0.2) is 12.5 Å². The molecule has 15 heavy (non-hydrogen) atoms. The topological polar surface area (TPSA) is 37.8 Å². The monoisotopic (exact) mass is 205 g/mol. The third-order valence-electron chi connectivity index (χ3n) is 3.02. The van der Waals surface area contributed by atoms with Gasteiger partial charge in [-0.1, -0.05) is 26.2 Å². The van der Waals surface area contributed by atoms with Crippen molar-refractivity contribution in [2.45, 2.75) is 39.0 Å². The van der Waals surface area contributed by atoms with Crippen LogP contribution in [-0.2, 0) is 6.42 Å². The lowest BCUT2D eigenvalue weighted by atomic mass is 9.95. The van der Waals surface area contributed by atoms with Gasteiger partial charge < -0.3 is 5.32 Å². The summed E-state index contributed by atoms with van der Waals surface area (Å²) in [5.41, 5.74) is 1.27. The van der Waals surface area contributed by atoms with Gasteiger partial charge in [0.05, 0.1) is 0 Å². The van der Waals surface area contributed by atoms with Crippen molar-refractivity contribution >= 4 is 5.82 Å². The second-order valence-corrected chi connectivity index (χ2v) is 4.48. The van der Waals surface area contributed by atoms with Gasteiger partial charge in [0, 0.05) is 18.3 Å². The summed E-state index contributed by atoms with van der Waals surface area (Å²) < 4.78 is 0. The molecule has 1 atom stereocenters. The zero-order chi connectivity index (χ0) is 10.5. The minimum absolute atomic E-state index is 0.745. The van der Waals surface area contributed by atoms with E-state index in [0.717, 1.165) is 24.7 Å². The van der Waals surface area contributed by atoms with Gasteiger partial charge in [0.15, 0.2) is 0 Å². The summed E-state index contributed by atoms with van der Waals surface area (Å²) in [5, 5.41) is 3.40. The first-order valence-electron chi connectivity index (χ1n) is 5.89. The molecule has 0 radical (unpaired) electrons. The SMILES string of the molecule is CC1CCCCCNc2ncncc2C1. The van der Waals surface area contributed by atoms with Crippen LogP contribution in [0.1, 0.15) is 38.2 Å². The number of fused-ring (bicyclic) bond motifs is 1. The van der Waals surface area contributed by atoms with E-state index in [1.807, 2.05) is 6.20 Å². The maximum atomic E-state index is 4.31. The van der Waals surface area contributed by atoms with E-state index in [1.165, 1.54) is 31.2 Å². The second kappa shape index (κ2) is 5.10. The van der Waals surface area contributed by atoms with Crippen LogP contribution in [0.25, 0.3) is 0 Å². The third-order valence-corrected chi connectivity index (χ3v) is 3.02. The van der Waals surface area contributed by atoms with Gasteiger partial charge in [-0.3, -0.25) is 0 Å². The first kappa shape index (κ1) is 10.4. The molecule has 1 N–H and O–H groups in total. The summed E-state index contributed by atoms with van der Waals surface area (Å²) in [6.07, 6.45) is 9.94. The standard InChI is InChI=1S/C12H19N3/c1-10-5-3-2-4-6-14-12-11(7-10)8-13-9-15-12/h8-10H,2-7H2,1H3,(H,13,14,15). The van der Waals surface area contributed by atoms with Crippen molar-refractivity contribution < 1.29 is 0 Å². The van der Waals surface area contributed by atoms with Crippen LogP contribution in [0.2, 0.25) is 0 Å². The fourth-order valence-electron chi connectivity index (χ4n) is 2.15. The molecule has 2 heterocycles. The van der Waals surface area contributed by atoms with Crippen LogP contribution in [-0.4, -0.2) is 16.5 Å². The van der Waals surface area contributed by atoms with E-state index in [4.69, 9.17) is 0 Å². The van der Waals surface area contributed by atoms with Crippen LogP contribution in [0.5, 0.6) is 0 Å². The molecular formula is C12H19N3. The smallest absolute Gasteiger partial charge is 0.132 e. The molecule has 0 amide bonds. The molecule has 3 heteroatoms. The summed E-state index contributed by atoms with van der Waals surface area (Å²) in [6, 6.07) is 0. The van der Waals surface area contributed by atoms with Gasteiger partial charge in [-0.25, -0.2) is 9.97 Å². The Kier molecular flexibility index (Phi) is 3.54. The quantitative estimate of drug-likeness (QED) is 0.707. The van der Waals surface area contributed by atoms with Gasteiger partial charge in [0.2, 0.25) is 0 Å². The van der Waals surface area contributed by atoms with E-state index in [9.17, 15) is 0 Å². The van der Waals surface area contributed by atoms with Gasteiger partial charge in [-0.05, 0) is 18.8 Å². The Morgan fingerprint density at radius 2 is 2.27 bits per heavy atom. The van der Waals surface area contributed by atoms with Crippen molar-refractivity contribution in [2.75, 3.05) is 11.9 Å². The largest absolute Gasteiger partial charge is 0.370 e. The highest BCUT2D eigenvalue weighted by atomic mass is 15.0. The van der Waals surface area contributed by atoms with Crippen molar-refractivity contribution in [3.05, 3.63) is 18.1 Å². The molecule has 0 saturated heterocycles. The third kappa shape index (κ3) is 2.91. The minimum atomic E-state index is 0.745. The average Bonchev–Trinajstić information content (AvgIpc) is 2.25. The van der Waals surface area contributed by atoms with Crippen LogP contribution in [0.3, 0.4) is 0 Å². The number of aromatic nitrogens is 2. The minimum Gasteiger partial charge on any atom is -0.370 e. The highest BCUT2D eigenvalue weighted by Gasteiger charge is 2.10. The first-order valence-corrected chi connectivity index (χ1v) is 5.89. The van der Waals surface area contributed by atoms with E-state index >= 15 is 0 Å². The molecule has 0 saturated carbocycles. The molecule has 0 fully saturated rings. The number of hydrogen-bond donors (Lipinski definition) is 1.